The standard InChI is InChI=1S/C14H26N4O/c1-7-15-13-11(4)14(17-12(5)16-13)18(8-2)10(3)9-19-6/h10H,7-9H2,1-6H3,(H,15,16,17). The largest absolute Gasteiger partial charge is 0.383 e. The van der Waals surface area contributed by atoms with Crippen molar-refractivity contribution in [2.24, 2.45) is 0 Å². The average Bonchev–Trinajstić information content (AvgIpc) is 2.36. The maximum absolute atomic E-state index is 5.26. The molecule has 0 aliphatic rings. The summed E-state index contributed by atoms with van der Waals surface area (Å²) in [7, 11) is 1.73. The highest BCUT2D eigenvalue weighted by atomic mass is 16.5. The molecule has 0 saturated carbocycles. The minimum Gasteiger partial charge on any atom is -0.383 e. The second kappa shape index (κ2) is 7.28. The molecule has 108 valence electrons. The molecule has 1 N–H and O–H groups in total. The monoisotopic (exact) mass is 266 g/mol. The van der Waals surface area contributed by atoms with Gasteiger partial charge in [0.15, 0.2) is 0 Å². The minimum atomic E-state index is 0.289. The van der Waals surface area contributed by atoms with Gasteiger partial charge in [-0.25, -0.2) is 9.97 Å². The second-order valence-corrected chi connectivity index (χ2v) is 4.69. The molecule has 1 aromatic heterocycles. The summed E-state index contributed by atoms with van der Waals surface area (Å²) in [5, 5.41) is 3.30. The van der Waals surface area contributed by atoms with Crippen molar-refractivity contribution in [3.63, 3.8) is 0 Å². The van der Waals surface area contributed by atoms with Crippen molar-refractivity contribution in [3.05, 3.63) is 11.4 Å². The number of ether oxygens (including phenoxy) is 1. The maximum atomic E-state index is 5.26. The van der Waals surface area contributed by atoms with Crippen LogP contribution in [0.2, 0.25) is 0 Å². The van der Waals surface area contributed by atoms with Gasteiger partial charge in [-0.15, -0.1) is 0 Å². The van der Waals surface area contributed by atoms with Gasteiger partial charge < -0.3 is 15.0 Å². The van der Waals surface area contributed by atoms with Gasteiger partial charge in [-0.3, -0.25) is 0 Å². The van der Waals surface area contributed by atoms with Crippen LogP contribution < -0.4 is 10.2 Å². The Hall–Kier alpha value is -1.36. The van der Waals surface area contributed by atoms with Crippen LogP contribution in [-0.2, 0) is 4.74 Å². The van der Waals surface area contributed by atoms with E-state index in [4.69, 9.17) is 4.74 Å². The Bertz CT molecular complexity index is 409. The van der Waals surface area contributed by atoms with Gasteiger partial charge in [-0.05, 0) is 34.6 Å². The van der Waals surface area contributed by atoms with Crippen LogP contribution in [0, 0.1) is 13.8 Å². The van der Waals surface area contributed by atoms with Crippen LogP contribution in [0.4, 0.5) is 11.6 Å². The summed E-state index contributed by atoms with van der Waals surface area (Å²) >= 11 is 0. The lowest BCUT2D eigenvalue weighted by Gasteiger charge is -2.30. The molecule has 0 aliphatic heterocycles. The van der Waals surface area contributed by atoms with E-state index in [9.17, 15) is 0 Å². The third kappa shape index (κ3) is 3.80. The molecular weight excluding hydrogens is 240 g/mol. The predicted molar refractivity (Wildman–Crippen MR) is 80.0 cm³/mol. The summed E-state index contributed by atoms with van der Waals surface area (Å²) in [6.45, 7) is 12.8. The van der Waals surface area contributed by atoms with Crippen LogP contribution >= 0.6 is 0 Å². The van der Waals surface area contributed by atoms with Crippen molar-refractivity contribution in [2.75, 3.05) is 37.0 Å². The topological polar surface area (TPSA) is 50.3 Å². The molecule has 0 fully saturated rings. The normalized spacial score (nSPS) is 12.3. The summed E-state index contributed by atoms with van der Waals surface area (Å²) < 4.78 is 5.26. The number of likely N-dealkylation sites (N-methyl/N-ethyl adjacent to an activating group) is 1. The summed E-state index contributed by atoms with van der Waals surface area (Å²) in [6, 6.07) is 0.289. The number of nitrogens with zero attached hydrogens (tertiary/aromatic N) is 3. The number of nitrogens with one attached hydrogen (secondary N) is 1. The van der Waals surface area contributed by atoms with Crippen molar-refractivity contribution in [2.45, 2.75) is 40.7 Å². The molecule has 0 saturated heterocycles. The summed E-state index contributed by atoms with van der Waals surface area (Å²) in [6.07, 6.45) is 0. The molecule has 1 rings (SSSR count). The second-order valence-electron chi connectivity index (χ2n) is 4.69. The van der Waals surface area contributed by atoms with Crippen LogP contribution in [0.3, 0.4) is 0 Å². The van der Waals surface area contributed by atoms with E-state index >= 15 is 0 Å². The molecule has 19 heavy (non-hydrogen) atoms. The lowest BCUT2D eigenvalue weighted by molar-refractivity contribution is 0.181. The Kier molecular flexibility index (Phi) is 6.02. The number of aromatic nitrogens is 2. The van der Waals surface area contributed by atoms with Crippen LogP contribution in [0.15, 0.2) is 0 Å². The van der Waals surface area contributed by atoms with Crippen molar-refractivity contribution in [1.82, 2.24) is 9.97 Å². The van der Waals surface area contributed by atoms with E-state index in [1.165, 1.54) is 0 Å². The zero-order valence-corrected chi connectivity index (χ0v) is 12.9. The van der Waals surface area contributed by atoms with Gasteiger partial charge in [0.25, 0.3) is 0 Å². The van der Waals surface area contributed by atoms with Crippen molar-refractivity contribution in [1.29, 1.82) is 0 Å². The number of methoxy groups -OCH3 is 1. The Morgan fingerprint density at radius 1 is 1.26 bits per heavy atom. The molecule has 0 amide bonds. The fraction of sp³-hybridized carbons (Fsp3) is 0.714. The fourth-order valence-electron chi connectivity index (χ4n) is 2.23. The molecule has 1 unspecified atom stereocenters. The smallest absolute Gasteiger partial charge is 0.137 e. The molecule has 0 spiro atoms. The first-order chi connectivity index (χ1) is 9.04. The van der Waals surface area contributed by atoms with Crippen LogP contribution in [0.1, 0.15) is 32.2 Å². The summed E-state index contributed by atoms with van der Waals surface area (Å²) in [5.41, 5.74) is 1.09. The summed E-state index contributed by atoms with van der Waals surface area (Å²) in [5.74, 6) is 2.71. The van der Waals surface area contributed by atoms with E-state index in [0.717, 1.165) is 36.1 Å². The first-order valence-corrected chi connectivity index (χ1v) is 6.89. The number of aryl methyl sites for hydroxylation is 1. The number of anilines is 2. The maximum Gasteiger partial charge on any atom is 0.137 e. The van der Waals surface area contributed by atoms with Crippen molar-refractivity contribution in [3.8, 4) is 0 Å². The zero-order valence-electron chi connectivity index (χ0n) is 12.9. The van der Waals surface area contributed by atoms with Crippen molar-refractivity contribution < 1.29 is 4.74 Å². The van der Waals surface area contributed by atoms with E-state index in [0.29, 0.717) is 6.61 Å². The van der Waals surface area contributed by atoms with Gasteiger partial charge in [0.2, 0.25) is 0 Å². The molecule has 1 aromatic rings. The molecule has 0 aliphatic carbocycles. The predicted octanol–water partition coefficient (Wildman–Crippen LogP) is 2.39. The van der Waals surface area contributed by atoms with E-state index < -0.39 is 0 Å². The van der Waals surface area contributed by atoms with Gasteiger partial charge in [-0.1, -0.05) is 0 Å². The molecule has 0 aromatic carbocycles. The van der Waals surface area contributed by atoms with Gasteiger partial charge in [-0.2, -0.15) is 0 Å². The van der Waals surface area contributed by atoms with E-state index in [1.54, 1.807) is 7.11 Å². The SMILES string of the molecule is CCNc1nc(C)nc(N(CC)C(C)COC)c1C. The highest BCUT2D eigenvalue weighted by molar-refractivity contribution is 5.59. The highest BCUT2D eigenvalue weighted by Crippen LogP contribution is 2.25. The van der Waals surface area contributed by atoms with Crippen LogP contribution in [0.5, 0.6) is 0 Å². The Morgan fingerprint density at radius 2 is 1.95 bits per heavy atom. The molecule has 1 atom stereocenters. The lowest BCUT2D eigenvalue weighted by atomic mass is 10.2. The molecule has 1 heterocycles. The van der Waals surface area contributed by atoms with E-state index in [1.807, 2.05) is 6.92 Å². The first-order valence-electron chi connectivity index (χ1n) is 6.89. The molecule has 5 heteroatoms. The van der Waals surface area contributed by atoms with Gasteiger partial charge in [0, 0.05) is 25.8 Å². The Morgan fingerprint density at radius 3 is 2.47 bits per heavy atom. The summed E-state index contributed by atoms with van der Waals surface area (Å²) in [4.78, 5) is 11.3. The first kappa shape index (κ1) is 15.7. The Labute approximate surface area is 116 Å². The number of hydrogen-bond donors (Lipinski definition) is 1. The minimum absolute atomic E-state index is 0.289. The zero-order chi connectivity index (χ0) is 14.4. The Balaban J connectivity index is 3.15. The number of hydrogen-bond acceptors (Lipinski definition) is 5. The molecular formula is C14H26N4O. The molecule has 0 bridgehead atoms. The van der Waals surface area contributed by atoms with Crippen molar-refractivity contribution >= 4 is 11.6 Å². The number of rotatable bonds is 7. The van der Waals surface area contributed by atoms with Crippen LogP contribution in [-0.4, -0.2) is 42.8 Å². The average molecular weight is 266 g/mol. The van der Waals surface area contributed by atoms with E-state index in [-0.39, 0.29) is 6.04 Å². The lowest BCUT2D eigenvalue weighted by Crippen LogP contribution is -2.37. The highest BCUT2D eigenvalue weighted by Gasteiger charge is 2.19. The third-order valence-electron chi connectivity index (χ3n) is 3.13. The third-order valence-corrected chi connectivity index (χ3v) is 3.13. The molecule has 0 radical (unpaired) electrons. The van der Waals surface area contributed by atoms with E-state index in [2.05, 4.69) is 47.9 Å². The van der Waals surface area contributed by atoms with Crippen LogP contribution in [0.25, 0.3) is 0 Å². The van der Waals surface area contributed by atoms with Gasteiger partial charge >= 0.3 is 0 Å². The fourth-order valence-corrected chi connectivity index (χ4v) is 2.23. The molecule has 5 nitrogen and oxygen atoms in total. The van der Waals surface area contributed by atoms with Gasteiger partial charge in [0.1, 0.15) is 17.5 Å². The van der Waals surface area contributed by atoms with Gasteiger partial charge in [0.05, 0.1) is 12.6 Å². The quantitative estimate of drug-likeness (QED) is 0.821.